The van der Waals surface area contributed by atoms with E-state index in [9.17, 15) is 5.11 Å². The van der Waals surface area contributed by atoms with Gasteiger partial charge in [-0.1, -0.05) is 18.2 Å². The molecule has 0 saturated heterocycles. The number of allylic oxidation sites excluding steroid dienone is 1. The Morgan fingerprint density at radius 3 is 2.87 bits per heavy atom. The van der Waals surface area contributed by atoms with Gasteiger partial charge in [0.2, 0.25) is 0 Å². The van der Waals surface area contributed by atoms with Gasteiger partial charge in [-0.25, -0.2) is 0 Å². The molecule has 0 bridgehead atoms. The number of aliphatic hydroxyl groups is 1. The van der Waals surface area contributed by atoms with Gasteiger partial charge in [0.1, 0.15) is 11.5 Å². The normalized spacial score (nSPS) is 12.3. The Labute approximate surface area is 138 Å². The Balaban J connectivity index is 2.03. The summed E-state index contributed by atoms with van der Waals surface area (Å²) in [4.78, 5) is 2.18. The monoisotopic (exact) mass is 315 g/mol. The van der Waals surface area contributed by atoms with Crippen molar-refractivity contribution in [1.82, 2.24) is 4.90 Å². The van der Waals surface area contributed by atoms with Gasteiger partial charge in [0.05, 0.1) is 26.0 Å². The predicted octanol–water partition coefficient (Wildman–Crippen LogP) is 3.62. The van der Waals surface area contributed by atoms with Crippen molar-refractivity contribution >= 4 is 0 Å². The lowest BCUT2D eigenvalue weighted by molar-refractivity contribution is 0.0945. The van der Waals surface area contributed by atoms with Crippen LogP contribution in [0, 0.1) is 0 Å². The van der Waals surface area contributed by atoms with Gasteiger partial charge in [-0.3, -0.25) is 4.90 Å². The first-order valence-corrected chi connectivity index (χ1v) is 7.88. The molecule has 2 aromatic rings. The van der Waals surface area contributed by atoms with Crippen LogP contribution in [-0.2, 0) is 13.1 Å². The molecule has 0 radical (unpaired) electrons. The van der Waals surface area contributed by atoms with Crippen LogP contribution in [0.2, 0.25) is 0 Å². The largest absolute Gasteiger partial charge is 0.497 e. The van der Waals surface area contributed by atoms with Crippen molar-refractivity contribution in [3.63, 3.8) is 0 Å². The molecule has 1 heterocycles. The third-order valence-corrected chi connectivity index (χ3v) is 3.67. The quantitative estimate of drug-likeness (QED) is 0.680. The van der Waals surface area contributed by atoms with Crippen LogP contribution in [0.4, 0.5) is 0 Å². The second-order valence-electron chi connectivity index (χ2n) is 5.62. The number of aliphatic hydroxyl groups excluding tert-OH is 1. The molecule has 1 aromatic heterocycles. The topological polar surface area (TPSA) is 45.8 Å². The van der Waals surface area contributed by atoms with E-state index in [2.05, 4.69) is 17.5 Å². The second kappa shape index (κ2) is 9.18. The molecule has 1 aromatic carbocycles. The van der Waals surface area contributed by atoms with Crippen molar-refractivity contribution < 1.29 is 14.3 Å². The summed E-state index contributed by atoms with van der Waals surface area (Å²) in [5.74, 6) is 1.73. The summed E-state index contributed by atoms with van der Waals surface area (Å²) in [6.07, 6.45) is 4.66. The third-order valence-electron chi connectivity index (χ3n) is 3.67. The van der Waals surface area contributed by atoms with Gasteiger partial charge >= 0.3 is 0 Å². The minimum atomic E-state index is -0.381. The van der Waals surface area contributed by atoms with E-state index in [1.54, 1.807) is 13.4 Å². The number of rotatable bonds is 10. The van der Waals surface area contributed by atoms with Crippen LogP contribution in [0.15, 0.2) is 59.7 Å². The van der Waals surface area contributed by atoms with E-state index in [0.717, 1.165) is 36.5 Å². The molecule has 4 heteroatoms. The molecular formula is C19H25NO3. The van der Waals surface area contributed by atoms with Gasteiger partial charge in [0, 0.05) is 13.1 Å². The number of methoxy groups -OCH3 is 1. The van der Waals surface area contributed by atoms with Crippen LogP contribution in [0.5, 0.6) is 5.75 Å². The maximum Gasteiger partial charge on any atom is 0.119 e. The van der Waals surface area contributed by atoms with Crippen molar-refractivity contribution in [1.29, 1.82) is 0 Å². The van der Waals surface area contributed by atoms with Gasteiger partial charge in [0.15, 0.2) is 0 Å². The highest BCUT2D eigenvalue weighted by Gasteiger charge is 2.14. The number of ether oxygens (including phenoxy) is 1. The fourth-order valence-electron chi connectivity index (χ4n) is 2.54. The van der Waals surface area contributed by atoms with Gasteiger partial charge < -0.3 is 14.3 Å². The molecule has 2 rings (SSSR count). The van der Waals surface area contributed by atoms with Crippen molar-refractivity contribution in [2.24, 2.45) is 0 Å². The van der Waals surface area contributed by atoms with E-state index in [4.69, 9.17) is 9.15 Å². The molecule has 0 aliphatic heterocycles. The Morgan fingerprint density at radius 1 is 1.30 bits per heavy atom. The van der Waals surface area contributed by atoms with Crippen molar-refractivity contribution in [3.8, 4) is 5.75 Å². The summed E-state index contributed by atoms with van der Waals surface area (Å²) in [7, 11) is 1.67. The Bertz CT molecular complexity index is 580. The molecule has 23 heavy (non-hydrogen) atoms. The van der Waals surface area contributed by atoms with E-state index in [0.29, 0.717) is 13.1 Å². The molecule has 0 spiro atoms. The molecule has 0 amide bonds. The maximum atomic E-state index is 10.2. The first-order chi connectivity index (χ1) is 11.2. The van der Waals surface area contributed by atoms with E-state index >= 15 is 0 Å². The fraction of sp³-hybridized carbons (Fsp3) is 0.368. The van der Waals surface area contributed by atoms with E-state index in [-0.39, 0.29) is 6.10 Å². The van der Waals surface area contributed by atoms with Gasteiger partial charge in [0.25, 0.3) is 0 Å². The first kappa shape index (κ1) is 17.3. The van der Waals surface area contributed by atoms with Crippen molar-refractivity contribution in [3.05, 3.63) is 66.6 Å². The number of hydrogen-bond donors (Lipinski definition) is 1. The Hall–Kier alpha value is -2.04. The summed E-state index contributed by atoms with van der Waals surface area (Å²) < 4.78 is 10.7. The average Bonchev–Trinajstić information content (AvgIpc) is 3.06. The zero-order valence-corrected chi connectivity index (χ0v) is 13.6. The summed E-state index contributed by atoms with van der Waals surface area (Å²) in [6.45, 7) is 5.68. The predicted molar refractivity (Wildman–Crippen MR) is 91.3 cm³/mol. The summed E-state index contributed by atoms with van der Waals surface area (Å²) in [6, 6.07) is 11.8. The average molecular weight is 315 g/mol. The molecule has 0 saturated carbocycles. The lowest BCUT2D eigenvalue weighted by Crippen LogP contribution is -2.31. The molecule has 1 unspecified atom stereocenters. The molecular weight excluding hydrogens is 290 g/mol. The molecule has 124 valence electrons. The SMILES string of the molecule is C=CCCC(O)CN(Cc1cccc(OC)c1)Cc1ccco1. The van der Waals surface area contributed by atoms with Crippen molar-refractivity contribution in [2.45, 2.75) is 32.0 Å². The molecule has 0 fully saturated rings. The standard InChI is InChI=1S/C19H25NO3/c1-3-4-8-17(21)14-20(15-19-10-6-11-23-19)13-16-7-5-9-18(12-16)22-2/h3,5-7,9-12,17,21H,1,4,8,13-15H2,2H3. The Morgan fingerprint density at radius 2 is 2.17 bits per heavy atom. The van der Waals surface area contributed by atoms with E-state index < -0.39 is 0 Å². The molecule has 1 N–H and O–H groups in total. The Kier molecular flexibility index (Phi) is 6.91. The minimum Gasteiger partial charge on any atom is -0.497 e. The molecule has 0 aliphatic carbocycles. The fourth-order valence-corrected chi connectivity index (χ4v) is 2.54. The summed E-state index contributed by atoms with van der Waals surface area (Å²) >= 11 is 0. The van der Waals surface area contributed by atoms with E-state index in [1.165, 1.54) is 0 Å². The number of nitrogens with zero attached hydrogens (tertiary/aromatic N) is 1. The molecule has 0 aliphatic rings. The zero-order chi connectivity index (χ0) is 16.5. The lowest BCUT2D eigenvalue weighted by Gasteiger charge is -2.24. The highest BCUT2D eigenvalue weighted by molar-refractivity contribution is 5.28. The highest BCUT2D eigenvalue weighted by Crippen LogP contribution is 2.17. The first-order valence-electron chi connectivity index (χ1n) is 7.88. The number of furan rings is 1. The van der Waals surface area contributed by atoms with Gasteiger partial charge in [-0.05, 0) is 42.7 Å². The van der Waals surface area contributed by atoms with Crippen LogP contribution in [0.3, 0.4) is 0 Å². The van der Waals surface area contributed by atoms with Crippen LogP contribution < -0.4 is 4.74 Å². The summed E-state index contributed by atoms with van der Waals surface area (Å²) in [5.41, 5.74) is 1.15. The van der Waals surface area contributed by atoms with Crippen LogP contribution in [0.25, 0.3) is 0 Å². The molecule has 1 atom stereocenters. The van der Waals surface area contributed by atoms with Crippen LogP contribution in [0.1, 0.15) is 24.2 Å². The maximum absolute atomic E-state index is 10.2. The highest BCUT2D eigenvalue weighted by atomic mass is 16.5. The number of hydrogen-bond acceptors (Lipinski definition) is 4. The van der Waals surface area contributed by atoms with Crippen molar-refractivity contribution in [2.75, 3.05) is 13.7 Å². The second-order valence-corrected chi connectivity index (χ2v) is 5.62. The van der Waals surface area contributed by atoms with Crippen LogP contribution in [-0.4, -0.2) is 29.8 Å². The van der Waals surface area contributed by atoms with Gasteiger partial charge in [-0.2, -0.15) is 0 Å². The third kappa shape index (κ3) is 5.93. The number of benzene rings is 1. The van der Waals surface area contributed by atoms with Crippen LogP contribution >= 0.6 is 0 Å². The minimum absolute atomic E-state index is 0.381. The molecule has 4 nitrogen and oxygen atoms in total. The zero-order valence-electron chi connectivity index (χ0n) is 13.6. The summed E-state index contributed by atoms with van der Waals surface area (Å²) in [5, 5.41) is 10.2. The van der Waals surface area contributed by atoms with Gasteiger partial charge in [-0.15, -0.1) is 6.58 Å². The smallest absolute Gasteiger partial charge is 0.119 e. The van der Waals surface area contributed by atoms with E-state index in [1.807, 2.05) is 36.4 Å². The lowest BCUT2D eigenvalue weighted by atomic mass is 10.1.